The third-order valence-corrected chi connectivity index (χ3v) is 7.43. The number of methoxy groups -OCH3 is 1. The van der Waals surface area contributed by atoms with Crippen molar-refractivity contribution in [1.82, 2.24) is 0 Å². The van der Waals surface area contributed by atoms with Crippen LogP contribution in [0.2, 0.25) is 5.02 Å². The van der Waals surface area contributed by atoms with E-state index in [4.69, 9.17) is 21.1 Å². The molecule has 0 saturated carbocycles. The number of hydrogen-bond donors (Lipinski definition) is 0. The first-order valence-corrected chi connectivity index (χ1v) is 12.1. The largest absolute Gasteiger partial charge is 0.495 e. The molecule has 0 aliphatic heterocycles. The molecule has 33 heavy (non-hydrogen) atoms. The normalized spacial score (nSPS) is 11.2. The van der Waals surface area contributed by atoms with Gasteiger partial charge in [0.05, 0.1) is 22.7 Å². The molecule has 0 spiro atoms. The van der Waals surface area contributed by atoms with Crippen LogP contribution in [0.4, 0.5) is 5.69 Å². The van der Waals surface area contributed by atoms with Crippen molar-refractivity contribution in [1.29, 1.82) is 0 Å². The molecule has 3 aromatic rings. The number of halogens is 1. The Bertz CT molecular complexity index is 1290. The average molecular weight is 488 g/mol. The fourth-order valence-electron chi connectivity index (χ4n) is 3.35. The molecule has 174 valence electrons. The Hall–Kier alpha value is -3.03. The molecule has 0 radical (unpaired) electrons. The third-order valence-electron chi connectivity index (χ3n) is 5.37. The Balaban J connectivity index is 2.03. The fourth-order valence-corrected chi connectivity index (χ4v) is 5.01. The molecule has 0 unspecified atom stereocenters. The highest BCUT2D eigenvalue weighted by atomic mass is 35.5. The predicted octanol–water partition coefficient (Wildman–Crippen LogP) is 5.38. The van der Waals surface area contributed by atoms with E-state index in [1.165, 1.54) is 37.4 Å². The first-order valence-electron chi connectivity index (χ1n) is 10.2. The number of ether oxygens (including phenoxy) is 2. The lowest BCUT2D eigenvalue weighted by molar-refractivity contribution is -0.119. The van der Waals surface area contributed by atoms with E-state index >= 15 is 0 Å². The lowest BCUT2D eigenvalue weighted by Gasteiger charge is -2.24. The number of amides is 1. The highest BCUT2D eigenvalue weighted by molar-refractivity contribution is 7.93. The number of hydrogen-bond acceptors (Lipinski definition) is 5. The van der Waals surface area contributed by atoms with Crippen LogP contribution in [0.25, 0.3) is 0 Å². The van der Waals surface area contributed by atoms with Crippen LogP contribution in [0.5, 0.6) is 11.5 Å². The van der Waals surface area contributed by atoms with Crippen molar-refractivity contribution < 1.29 is 22.7 Å². The van der Waals surface area contributed by atoms with Crippen LogP contribution >= 0.6 is 11.6 Å². The van der Waals surface area contributed by atoms with Crippen LogP contribution < -0.4 is 13.8 Å². The fraction of sp³-hybridized carbons (Fsp3) is 0.240. The van der Waals surface area contributed by atoms with Crippen molar-refractivity contribution in [2.24, 2.45) is 0 Å². The number of nitrogens with zero attached hydrogens (tertiary/aromatic N) is 1. The van der Waals surface area contributed by atoms with E-state index in [1.54, 1.807) is 12.1 Å². The third kappa shape index (κ3) is 5.15. The number of benzene rings is 3. The van der Waals surface area contributed by atoms with Crippen molar-refractivity contribution >= 4 is 33.2 Å². The number of carbonyl (C=O) groups excluding carboxylic acids is 1. The maximum atomic E-state index is 13.5. The second kappa shape index (κ2) is 9.85. The van der Waals surface area contributed by atoms with Crippen molar-refractivity contribution in [2.45, 2.75) is 32.6 Å². The summed E-state index contributed by atoms with van der Waals surface area (Å²) < 4.78 is 38.8. The van der Waals surface area contributed by atoms with Crippen LogP contribution in [-0.2, 0) is 14.8 Å². The average Bonchev–Trinajstić information content (AvgIpc) is 2.77. The lowest BCUT2D eigenvalue weighted by Crippen LogP contribution is -2.40. The maximum Gasteiger partial charge on any atom is 0.278 e. The number of rotatable bonds is 7. The molecule has 3 aromatic carbocycles. The van der Waals surface area contributed by atoms with Gasteiger partial charge in [-0.15, -0.1) is 0 Å². The molecule has 0 saturated heterocycles. The summed E-state index contributed by atoms with van der Waals surface area (Å²) >= 11 is 6.24. The van der Waals surface area contributed by atoms with Gasteiger partial charge in [0, 0.05) is 0 Å². The number of anilines is 1. The molecule has 0 fully saturated rings. The van der Waals surface area contributed by atoms with Gasteiger partial charge in [0.15, 0.2) is 6.61 Å². The predicted molar refractivity (Wildman–Crippen MR) is 130 cm³/mol. The molecule has 0 N–H and O–H groups in total. The van der Waals surface area contributed by atoms with Gasteiger partial charge in [0.25, 0.3) is 15.9 Å². The number of aryl methyl sites for hydroxylation is 3. The van der Waals surface area contributed by atoms with Gasteiger partial charge in [0.2, 0.25) is 0 Å². The molecule has 3 rings (SSSR count). The van der Waals surface area contributed by atoms with E-state index < -0.39 is 22.5 Å². The van der Waals surface area contributed by atoms with E-state index in [0.717, 1.165) is 26.6 Å². The van der Waals surface area contributed by atoms with E-state index in [9.17, 15) is 13.2 Å². The summed E-state index contributed by atoms with van der Waals surface area (Å²) in [4.78, 5) is 13.3. The quantitative estimate of drug-likeness (QED) is 0.447. The minimum absolute atomic E-state index is 0.0173. The van der Waals surface area contributed by atoms with Gasteiger partial charge in [-0.3, -0.25) is 4.79 Å². The van der Waals surface area contributed by atoms with Crippen molar-refractivity contribution in [3.8, 4) is 11.5 Å². The molecule has 0 aromatic heterocycles. The molecule has 0 aliphatic rings. The lowest BCUT2D eigenvalue weighted by atomic mass is 10.1. The maximum absolute atomic E-state index is 13.5. The molecule has 0 heterocycles. The highest BCUT2D eigenvalue weighted by Crippen LogP contribution is 2.33. The minimum atomic E-state index is -4.23. The van der Waals surface area contributed by atoms with E-state index in [0.29, 0.717) is 11.5 Å². The van der Waals surface area contributed by atoms with E-state index in [-0.39, 0.29) is 15.6 Å². The number of carbonyl (C=O) groups is 1. The van der Waals surface area contributed by atoms with Gasteiger partial charge in [-0.05, 0) is 74.7 Å². The van der Waals surface area contributed by atoms with Crippen LogP contribution in [0, 0.1) is 27.7 Å². The van der Waals surface area contributed by atoms with Crippen LogP contribution in [0.15, 0.2) is 59.5 Å². The van der Waals surface area contributed by atoms with Crippen LogP contribution in [0.3, 0.4) is 0 Å². The first-order chi connectivity index (χ1) is 15.6. The summed E-state index contributed by atoms with van der Waals surface area (Å²) in [5.41, 5.74) is 3.74. The zero-order chi connectivity index (χ0) is 24.3. The second-order valence-corrected chi connectivity index (χ2v) is 9.93. The van der Waals surface area contributed by atoms with Crippen molar-refractivity contribution in [3.63, 3.8) is 0 Å². The highest BCUT2D eigenvalue weighted by Gasteiger charge is 2.32. The van der Waals surface area contributed by atoms with Gasteiger partial charge in [-0.25, -0.2) is 8.42 Å². The van der Waals surface area contributed by atoms with Gasteiger partial charge < -0.3 is 9.47 Å². The van der Waals surface area contributed by atoms with Crippen molar-refractivity contribution in [3.05, 3.63) is 81.9 Å². The summed E-state index contributed by atoms with van der Waals surface area (Å²) in [7, 11) is -2.78. The molecule has 1 amide bonds. The van der Waals surface area contributed by atoms with E-state index in [1.807, 2.05) is 39.8 Å². The molecule has 0 atom stereocenters. The summed E-state index contributed by atoms with van der Waals surface area (Å²) in [6.07, 6.45) is 0. The smallest absolute Gasteiger partial charge is 0.278 e. The molecule has 8 heteroatoms. The molecule has 0 bridgehead atoms. The molecule has 6 nitrogen and oxygen atoms in total. The van der Waals surface area contributed by atoms with E-state index in [2.05, 4.69) is 0 Å². The Morgan fingerprint density at radius 2 is 1.58 bits per heavy atom. The zero-order valence-corrected chi connectivity index (χ0v) is 20.8. The Morgan fingerprint density at radius 1 is 0.939 bits per heavy atom. The number of sulfonamides is 1. The van der Waals surface area contributed by atoms with Gasteiger partial charge in [-0.1, -0.05) is 41.4 Å². The van der Waals surface area contributed by atoms with Crippen molar-refractivity contribution in [2.75, 3.05) is 18.0 Å². The van der Waals surface area contributed by atoms with Crippen LogP contribution in [0.1, 0.15) is 22.3 Å². The Kier molecular flexibility index (Phi) is 7.34. The monoisotopic (exact) mass is 487 g/mol. The first kappa shape index (κ1) is 24.6. The second-order valence-electron chi connectivity index (χ2n) is 7.74. The molecule has 0 aliphatic carbocycles. The summed E-state index contributed by atoms with van der Waals surface area (Å²) in [6, 6.07) is 14.5. The zero-order valence-electron chi connectivity index (χ0n) is 19.2. The van der Waals surface area contributed by atoms with Gasteiger partial charge in [0.1, 0.15) is 11.5 Å². The standard InChI is InChI=1S/C25H26ClNO5S/c1-16-6-11-21(12-7-16)33(29,30)27(20-10-13-23(31-5)22(26)14-20)24(28)15-32-25-18(3)9-8-17(2)19(25)4/h6-14H,15H2,1-5H3. The summed E-state index contributed by atoms with van der Waals surface area (Å²) in [5, 5.41) is 0.179. The minimum Gasteiger partial charge on any atom is -0.495 e. The SMILES string of the molecule is COc1ccc(N(C(=O)COc2c(C)ccc(C)c2C)S(=O)(=O)c2ccc(C)cc2)cc1Cl. The molecular formula is C25H26ClNO5S. The van der Waals surface area contributed by atoms with Gasteiger partial charge >= 0.3 is 0 Å². The molecular weight excluding hydrogens is 462 g/mol. The Morgan fingerprint density at radius 3 is 2.18 bits per heavy atom. The van der Waals surface area contributed by atoms with Crippen LogP contribution in [-0.4, -0.2) is 28.0 Å². The van der Waals surface area contributed by atoms with Gasteiger partial charge in [-0.2, -0.15) is 4.31 Å². The Labute approximate surface area is 199 Å². The summed E-state index contributed by atoms with van der Waals surface area (Å²) in [6.45, 7) is 7.09. The topological polar surface area (TPSA) is 72.9 Å². The summed E-state index contributed by atoms with van der Waals surface area (Å²) in [5.74, 6) is 0.170.